The summed E-state index contributed by atoms with van der Waals surface area (Å²) in [5, 5.41) is 0. The molecule has 1 aromatic carbocycles. The van der Waals surface area contributed by atoms with Crippen molar-refractivity contribution in [2.24, 2.45) is 0 Å². The summed E-state index contributed by atoms with van der Waals surface area (Å²) in [4.78, 5) is 0. The Kier molecular flexibility index (Phi) is 5.77. The number of sulfone groups is 1. The molecule has 1 aromatic rings. The zero-order chi connectivity index (χ0) is 12.7. The largest absolute Gasteiger partial charge is 0.493 e. The highest BCUT2D eigenvalue weighted by molar-refractivity contribution is 8.00. The van der Waals surface area contributed by atoms with E-state index < -0.39 is 9.84 Å². The van der Waals surface area contributed by atoms with Crippen molar-refractivity contribution >= 4 is 21.6 Å². The lowest BCUT2D eigenvalue weighted by Gasteiger charge is -2.05. The van der Waals surface area contributed by atoms with Gasteiger partial charge in [0, 0.05) is 17.8 Å². The Morgan fingerprint density at radius 2 is 1.88 bits per heavy atom. The van der Waals surface area contributed by atoms with Crippen LogP contribution in [0.3, 0.4) is 0 Å². The average molecular weight is 278 g/mol. The maximum atomic E-state index is 12.6. The molecule has 0 unspecified atom stereocenters. The molecule has 0 saturated carbocycles. The molecule has 0 radical (unpaired) electrons. The molecule has 0 aromatic heterocycles. The molecule has 3 nitrogen and oxygen atoms in total. The molecule has 0 amide bonds. The molecule has 0 aliphatic heterocycles. The second kappa shape index (κ2) is 6.86. The van der Waals surface area contributed by atoms with E-state index in [1.54, 1.807) is 12.1 Å². The molecule has 17 heavy (non-hydrogen) atoms. The molecule has 0 heterocycles. The van der Waals surface area contributed by atoms with E-state index in [0.29, 0.717) is 23.9 Å². The van der Waals surface area contributed by atoms with Gasteiger partial charge in [0.2, 0.25) is 0 Å². The first-order valence-corrected chi connectivity index (χ1v) is 8.33. The maximum Gasteiger partial charge on any atom is 0.148 e. The zero-order valence-corrected chi connectivity index (χ0v) is 11.2. The van der Waals surface area contributed by atoms with Gasteiger partial charge in [-0.1, -0.05) is 0 Å². The lowest BCUT2D eigenvalue weighted by atomic mass is 10.3. The molecule has 0 saturated heterocycles. The van der Waals surface area contributed by atoms with Gasteiger partial charge in [-0.3, -0.25) is 0 Å². The van der Waals surface area contributed by atoms with Crippen LogP contribution in [0, 0.1) is 5.82 Å². The summed E-state index contributed by atoms with van der Waals surface area (Å²) in [7, 11) is -2.87. The third-order valence-corrected chi connectivity index (χ3v) is 4.06. The van der Waals surface area contributed by atoms with Crippen LogP contribution >= 0.6 is 11.8 Å². The van der Waals surface area contributed by atoms with Crippen LogP contribution in [-0.2, 0) is 9.84 Å². The fraction of sp³-hybridized carbons (Fsp3) is 0.455. The minimum absolute atomic E-state index is 0.189. The molecule has 0 aliphatic rings. The molecular weight excluding hydrogens is 263 g/mol. The summed E-state index contributed by atoms with van der Waals surface area (Å²) in [5.41, 5.74) is 0. The minimum atomic E-state index is -2.87. The van der Waals surface area contributed by atoms with E-state index in [9.17, 15) is 12.8 Å². The molecule has 0 aliphatic carbocycles. The molecule has 0 N–H and O–H groups in total. The van der Waals surface area contributed by atoms with Crippen molar-refractivity contribution < 1.29 is 17.5 Å². The Hall–Kier alpha value is -0.750. The topological polar surface area (TPSA) is 43.4 Å². The second-order valence-electron chi connectivity index (χ2n) is 3.54. The average Bonchev–Trinajstić information content (AvgIpc) is 2.24. The van der Waals surface area contributed by atoms with Crippen molar-refractivity contribution in [3.8, 4) is 5.75 Å². The van der Waals surface area contributed by atoms with Gasteiger partial charge < -0.3 is 4.74 Å². The van der Waals surface area contributed by atoms with Crippen LogP contribution in [0.15, 0.2) is 24.3 Å². The van der Waals surface area contributed by atoms with Crippen LogP contribution in [0.2, 0.25) is 0 Å². The summed E-state index contributed by atoms with van der Waals surface area (Å²) in [6.45, 7) is 0.486. The highest BCUT2D eigenvalue weighted by Crippen LogP contribution is 2.11. The number of benzene rings is 1. The van der Waals surface area contributed by atoms with Gasteiger partial charge in [0.15, 0.2) is 0 Å². The first-order chi connectivity index (χ1) is 7.97. The lowest BCUT2D eigenvalue weighted by molar-refractivity contribution is 0.343. The van der Waals surface area contributed by atoms with Crippen molar-refractivity contribution in [3.05, 3.63) is 30.1 Å². The lowest BCUT2D eigenvalue weighted by Crippen LogP contribution is -2.07. The SMILES string of the molecule is CS(=O)(=O)CCSCCOc1ccc(F)cc1. The van der Waals surface area contributed by atoms with Crippen molar-refractivity contribution in [2.45, 2.75) is 0 Å². The number of rotatable bonds is 7. The highest BCUT2D eigenvalue weighted by atomic mass is 32.2. The van der Waals surface area contributed by atoms with E-state index in [0.717, 1.165) is 0 Å². The van der Waals surface area contributed by atoms with Gasteiger partial charge in [-0.25, -0.2) is 12.8 Å². The van der Waals surface area contributed by atoms with Gasteiger partial charge in [0.05, 0.1) is 12.4 Å². The van der Waals surface area contributed by atoms with E-state index in [1.807, 2.05) is 0 Å². The number of ether oxygens (including phenoxy) is 1. The van der Waals surface area contributed by atoms with E-state index in [1.165, 1.54) is 30.2 Å². The minimum Gasteiger partial charge on any atom is -0.493 e. The number of thioether (sulfide) groups is 1. The number of hydrogen-bond acceptors (Lipinski definition) is 4. The molecular formula is C11H15FO3S2. The normalized spacial score (nSPS) is 11.4. The van der Waals surface area contributed by atoms with Gasteiger partial charge in [-0.2, -0.15) is 11.8 Å². The Morgan fingerprint density at radius 3 is 2.47 bits per heavy atom. The predicted molar refractivity (Wildman–Crippen MR) is 68.9 cm³/mol. The van der Waals surface area contributed by atoms with Crippen LogP contribution < -0.4 is 4.74 Å². The number of halogens is 1. The van der Waals surface area contributed by atoms with Crippen LogP contribution in [-0.4, -0.2) is 38.5 Å². The molecule has 1 rings (SSSR count). The molecule has 0 spiro atoms. The first kappa shape index (κ1) is 14.3. The Morgan fingerprint density at radius 1 is 1.24 bits per heavy atom. The Balaban J connectivity index is 2.10. The number of hydrogen-bond donors (Lipinski definition) is 0. The van der Waals surface area contributed by atoms with Gasteiger partial charge in [0.1, 0.15) is 21.4 Å². The van der Waals surface area contributed by atoms with Gasteiger partial charge in [-0.05, 0) is 24.3 Å². The fourth-order valence-corrected chi connectivity index (χ4v) is 3.15. The van der Waals surface area contributed by atoms with Crippen molar-refractivity contribution in [1.82, 2.24) is 0 Å². The summed E-state index contributed by atoms with van der Waals surface area (Å²) in [5.74, 6) is 1.81. The highest BCUT2D eigenvalue weighted by Gasteiger charge is 2.01. The summed E-state index contributed by atoms with van der Waals surface area (Å²) in [6, 6.07) is 5.81. The van der Waals surface area contributed by atoms with Gasteiger partial charge in [-0.15, -0.1) is 0 Å². The molecule has 0 bridgehead atoms. The predicted octanol–water partition coefficient (Wildman–Crippen LogP) is 1.98. The standard InChI is InChI=1S/C11H15FO3S2/c1-17(13,14)9-8-16-7-6-15-11-4-2-10(12)3-5-11/h2-5H,6-9H2,1H3. The van der Waals surface area contributed by atoms with Crippen LogP contribution in [0.25, 0.3) is 0 Å². The smallest absolute Gasteiger partial charge is 0.148 e. The fourth-order valence-electron chi connectivity index (χ4n) is 1.06. The molecule has 6 heteroatoms. The summed E-state index contributed by atoms with van der Waals surface area (Å²) < 4.78 is 39.6. The molecule has 0 fully saturated rings. The van der Waals surface area contributed by atoms with Crippen molar-refractivity contribution in [3.63, 3.8) is 0 Å². The maximum absolute atomic E-state index is 12.6. The van der Waals surface area contributed by atoms with Gasteiger partial charge >= 0.3 is 0 Å². The Labute approximate surface area is 105 Å². The quantitative estimate of drug-likeness (QED) is 0.715. The van der Waals surface area contributed by atoms with Crippen LogP contribution in [0.4, 0.5) is 4.39 Å². The van der Waals surface area contributed by atoms with Crippen molar-refractivity contribution in [2.75, 3.05) is 30.1 Å². The van der Waals surface area contributed by atoms with Gasteiger partial charge in [0.25, 0.3) is 0 Å². The zero-order valence-electron chi connectivity index (χ0n) is 9.56. The van der Waals surface area contributed by atoms with E-state index in [4.69, 9.17) is 4.74 Å². The van der Waals surface area contributed by atoms with E-state index in [-0.39, 0.29) is 11.6 Å². The molecule has 96 valence electrons. The monoisotopic (exact) mass is 278 g/mol. The molecule has 0 atom stereocenters. The first-order valence-electron chi connectivity index (χ1n) is 5.11. The van der Waals surface area contributed by atoms with Crippen LogP contribution in [0.5, 0.6) is 5.75 Å². The Bertz CT molecular complexity index is 429. The van der Waals surface area contributed by atoms with Crippen molar-refractivity contribution in [1.29, 1.82) is 0 Å². The van der Waals surface area contributed by atoms with E-state index in [2.05, 4.69) is 0 Å². The third kappa shape index (κ3) is 7.23. The third-order valence-electron chi connectivity index (χ3n) is 1.91. The summed E-state index contributed by atoms with van der Waals surface area (Å²) >= 11 is 1.52. The second-order valence-corrected chi connectivity index (χ2v) is 7.03. The van der Waals surface area contributed by atoms with Crippen LogP contribution in [0.1, 0.15) is 0 Å². The van der Waals surface area contributed by atoms with E-state index >= 15 is 0 Å². The summed E-state index contributed by atoms with van der Waals surface area (Å²) in [6.07, 6.45) is 1.22.